The summed E-state index contributed by atoms with van der Waals surface area (Å²) < 4.78 is 9.06. The molecule has 1 N–H and O–H groups in total. The average molecular weight is 383 g/mol. The maximum absolute atomic E-state index is 12.5. The van der Waals surface area contributed by atoms with Crippen LogP contribution in [0.4, 0.5) is 5.69 Å². The highest BCUT2D eigenvalue weighted by atomic mass is 79.9. The predicted octanol–water partition coefficient (Wildman–Crippen LogP) is 4.67. The van der Waals surface area contributed by atoms with Gasteiger partial charge in [0, 0.05) is 4.47 Å². The van der Waals surface area contributed by atoms with Crippen molar-refractivity contribution < 1.29 is 4.79 Å². The first kappa shape index (κ1) is 14.4. The number of carbonyl (C=O) groups excluding carboxylic acids is 1. The second-order valence-corrected chi connectivity index (χ2v) is 6.28. The third-order valence-electron chi connectivity index (χ3n) is 2.98. The summed E-state index contributed by atoms with van der Waals surface area (Å²) >= 11 is 10.6. The molecule has 4 nitrogen and oxygen atoms in total. The second kappa shape index (κ2) is 5.71. The minimum Gasteiger partial charge on any atom is -0.319 e. The van der Waals surface area contributed by atoms with Gasteiger partial charge in [-0.2, -0.15) is 8.75 Å². The van der Waals surface area contributed by atoms with E-state index in [-0.39, 0.29) is 5.91 Å². The third kappa shape index (κ3) is 2.79. The van der Waals surface area contributed by atoms with Gasteiger partial charge in [-0.15, -0.1) is 0 Å². The number of amides is 1. The molecule has 1 amide bonds. The smallest absolute Gasteiger partial charge is 0.256 e. The number of benzene rings is 2. The molecule has 3 aromatic rings. The van der Waals surface area contributed by atoms with E-state index in [4.69, 9.17) is 11.6 Å². The van der Waals surface area contributed by atoms with E-state index in [0.717, 1.165) is 21.8 Å². The largest absolute Gasteiger partial charge is 0.319 e. The van der Waals surface area contributed by atoms with E-state index in [1.807, 2.05) is 25.1 Å². The Morgan fingerprint density at radius 1 is 1.29 bits per heavy atom. The molecular weight excluding hydrogens is 374 g/mol. The van der Waals surface area contributed by atoms with E-state index in [0.29, 0.717) is 27.3 Å². The molecule has 0 bridgehead atoms. The van der Waals surface area contributed by atoms with Crippen molar-refractivity contribution in [2.75, 3.05) is 5.32 Å². The Morgan fingerprint density at radius 2 is 2.10 bits per heavy atom. The predicted molar refractivity (Wildman–Crippen MR) is 89.3 cm³/mol. The van der Waals surface area contributed by atoms with Gasteiger partial charge in [-0.25, -0.2) is 0 Å². The van der Waals surface area contributed by atoms with Crippen LogP contribution in [-0.2, 0) is 0 Å². The monoisotopic (exact) mass is 381 g/mol. The van der Waals surface area contributed by atoms with Gasteiger partial charge in [0.2, 0.25) is 0 Å². The van der Waals surface area contributed by atoms with Crippen LogP contribution in [0.5, 0.6) is 0 Å². The van der Waals surface area contributed by atoms with Crippen molar-refractivity contribution in [3.05, 3.63) is 51.0 Å². The van der Waals surface area contributed by atoms with Gasteiger partial charge in [-0.05, 0) is 47.1 Å². The van der Waals surface area contributed by atoms with Gasteiger partial charge in [-0.3, -0.25) is 4.79 Å². The summed E-state index contributed by atoms with van der Waals surface area (Å²) in [5.74, 6) is -0.243. The fraction of sp³-hybridized carbons (Fsp3) is 0.0714. The normalized spacial score (nSPS) is 10.8. The number of aryl methyl sites for hydroxylation is 1. The number of nitrogens with one attached hydrogen (secondary N) is 1. The summed E-state index contributed by atoms with van der Waals surface area (Å²) in [4.78, 5) is 12.5. The summed E-state index contributed by atoms with van der Waals surface area (Å²) in [7, 11) is 0. The van der Waals surface area contributed by atoms with Crippen LogP contribution >= 0.6 is 39.3 Å². The Kier molecular flexibility index (Phi) is 3.93. The first-order valence-electron chi connectivity index (χ1n) is 6.04. The van der Waals surface area contributed by atoms with Crippen LogP contribution in [0.25, 0.3) is 11.0 Å². The summed E-state index contributed by atoms with van der Waals surface area (Å²) in [6, 6.07) is 9.06. The Labute approximate surface area is 138 Å². The number of nitrogens with zero attached hydrogens (tertiary/aromatic N) is 2. The molecule has 0 saturated carbocycles. The number of halogens is 2. The lowest BCUT2D eigenvalue weighted by atomic mass is 10.1. The summed E-state index contributed by atoms with van der Waals surface area (Å²) in [6.07, 6.45) is 0. The van der Waals surface area contributed by atoms with Gasteiger partial charge in [0.15, 0.2) is 0 Å². The zero-order chi connectivity index (χ0) is 15.0. The van der Waals surface area contributed by atoms with E-state index in [1.54, 1.807) is 12.1 Å². The second-order valence-electron chi connectivity index (χ2n) is 4.49. The average Bonchev–Trinajstić information content (AvgIpc) is 2.93. The van der Waals surface area contributed by atoms with Gasteiger partial charge in [0.05, 0.1) is 28.0 Å². The zero-order valence-electron chi connectivity index (χ0n) is 10.9. The zero-order valence-corrected chi connectivity index (χ0v) is 14.0. The molecule has 3 rings (SSSR count). The van der Waals surface area contributed by atoms with E-state index in [9.17, 15) is 4.79 Å². The molecule has 0 fully saturated rings. The maximum atomic E-state index is 12.5. The highest BCUT2D eigenvalue weighted by molar-refractivity contribution is 9.10. The topological polar surface area (TPSA) is 54.9 Å². The molecule has 0 spiro atoms. The van der Waals surface area contributed by atoms with Crippen LogP contribution in [0.3, 0.4) is 0 Å². The fourth-order valence-electron chi connectivity index (χ4n) is 1.94. The molecule has 0 radical (unpaired) electrons. The van der Waals surface area contributed by atoms with Gasteiger partial charge in [0.25, 0.3) is 5.91 Å². The number of fused-ring (bicyclic) bond motifs is 1. The van der Waals surface area contributed by atoms with Crippen LogP contribution in [0.2, 0.25) is 5.02 Å². The molecular formula is C14H9BrClN3OS. The van der Waals surface area contributed by atoms with Gasteiger partial charge in [-0.1, -0.05) is 23.2 Å². The van der Waals surface area contributed by atoms with Crippen molar-refractivity contribution >= 4 is 61.9 Å². The van der Waals surface area contributed by atoms with Crippen molar-refractivity contribution in [3.8, 4) is 0 Å². The fourth-order valence-corrected chi connectivity index (χ4v) is 3.11. The first-order chi connectivity index (χ1) is 10.1. The molecule has 1 aromatic heterocycles. The lowest BCUT2D eigenvalue weighted by Crippen LogP contribution is -2.13. The minimum absolute atomic E-state index is 0.243. The van der Waals surface area contributed by atoms with Crippen LogP contribution < -0.4 is 5.32 Å². The van der Waals surface area contributed by atoms with Crippen molar-refractivity contribution in [1.29, 1.82) is 0 Å². The molecule has 106 valence electrons. The van der Waals surface area contributed by atoms with Crippen LogP contribution in [-0.4, -0.2) is 14.7 Å². The number of rotatable bonds is 2. The highest BCUT2D eigenvalue weighted by Gasteiger charge is 2.16. The number of anilines is 1. The molecule has 21 heavy (non-hydrogen) atoms. The molecule has 0 aliphatic rings. The van der Waals surface area contributed by atoms with E-state index in [2.05, 4.69) is 30.0 Å². The highest BCUT2D eigenvalue weighted by Crippen LogP contribution is 2.31. The van der Waals surface area contributed by atoms with E-state index < -0.39 is 0 Å². The number of hydrogen-bond donors (Lipinski definition) is 1. The summed E-state index contributed by atoms with van der Waals surface area (Å²) in [5.41, 5.74) is 3.35. The molecule has 1 heterocycles. The number of carbonyl (C=O) groups is 1. The Hall–Kier alpha value is -1.50. The molecule has 0 aliphatic carbocycles. The van der Waals surface area contributed by atoms with Gasteiger partial charge >= 0.3 is 0 Å². The van der Waals surface area contributed by atoms with Crippen molar-refractivity contribution in [2.45, 2.75) is 6.92 Å². The van der Waals surface area contributed by atoms with Crippen molar-refractivity contribution in [1.82, 2.24) is 8.75 Å². The Bertz CT molecular complexity index is 849. The minimum atomic E-state index is -0.243. The molecule has 0 saturated heterocycles. The molecule has 2 aromatic carbocycles. The number of hydrogen-bond acceptors (Lipinski definition) is 4. The Morgan fingerprint density at radius 3 is 2.90 bits per heavy atom. The maximum Gasteiger partial charge on any atom is 0.256 e. The van der Waals surface area contributed by atoms with Crippen LogP contribution in [0.1, 0.15) is 15.9 Å². The quantitative estimate of drug-likeness (QED) is 0.701. The van der Waals surface area contributed by atoms with Crippen LogP contribution in [0, 0.1) is 6.92 Å². The standard InChI is InChI=1S/C14H9BrClN3OS/c1-7-2-3-9(15)8(6-7)14(20)17-12-10(16)4-5-11-13(12)19-21-18-11/h2-6H,1H3,(H,17,20). The third-order valence-corrected chi connectivity index (χ3v) is 4.53. The lowest BCUT2D eigenvalue weighted by molar-refractivity contribution is 0.102. The number of aromatic nitrogens is 2. The first-order valence-corrected chi connectivity index (χ1v) is 7.94. The lowest BCUT2D eigenvalue weighted by Gasteiger charge is -2.09. The molecule has 0 aliphatic heterocycles. The van der Waals surface area contributed by atoms with Crippen molar-refractivity contribution in [3.63, 3.8) is 0 Å². The summed E-state index contributed by atoms with van der Waals surface area (Å²) in [6.45, 7) is 1.93. The van der Waals surface area contributed by atoms with Gasteiger partial charge < -0.3 is 5.32 Å². The summed E-state index contributed by atoms with van der Waals surface area (Å²) in [5, 5.41) is 3.26. The molecule has 0 unspecified atom stereocenters. The Balaban J connectivity index is 2.02. The van der Waals surface area contributed by atoms with Crippen LogP contribution in [0.15, 0.2) is 34.8 Å². The van der Waals surface area contributed by atoms with E-state index in [1.165, 1.54) is 0 Å². The van der Waals surface area contributed by atoms with E-state index >= 15 is 0 Å². The molecule has 7 heteroatoms. The van der Waals surface area contributed by atoms with Gasteiger partial charge in [0.1, 0.15) is 11.0 Å². The SMILES string of the molecule is Cc1ccc(Br)c(C(=O)Nc2c(Cl)ccc3nsnc23)c1. The van der Waals surface area contributed by atoms with Crippen molar-refractivity contribution in [2.24, 2.45) is 0 Å². The molecule has 0 atom stereocenters.